The number of rotatable bonds is 7. The molecule has 1 saturated carbocycles. The van der Waals surface area contributed by atoms with Gasteiger partial charge in [0.05, 0.1) is 32.2 Å². The molecule has 2 atom stereocenters. The van der Waals surface area contributed by atoms with Crippen LogP contribution < -0.4 is 9.47 Å². The maximum atomic E-state index is 13.6. The first-order valence-electron chi connectivity index (χ1n) is 12.2. The Kier molecular flexibility index (Phi) is 6.63. The smallest absolute Gasteiger partial charge is 0.327 e. The number of carbonyl (C=O) groups is 2. The normalized spacial score (nSPS) is 19.9. The molecule has 2 unspecified atom stereocenters. The van der Waals surface area contributed by atoms with E-state index in [9.17, 15) is 9.59 Å². The van der Waals surface area contributed by atoms with Gasteiger partial charge in [-0.15, -0.1) is 0 Å². The Morgan fingerprint density at radius 2 is 1.78 bits per heavy atom. The van der Waals surface area contributed by atoms with E-state index >= 15 is 0 Å². The Labute approximate surface area is 210 Å². The zero-order valence-corrected chi connectivity index (χ0v) is 20.8. The van der Waals surface area contributed by atoms with Gasteiger partial charge in [-0.2, -0.15) is 4.98 Å². The van der Waals surface area contributed by atoms with Crippen molar-refractivity contribution >= 4 is 11.9 Å². The molecule has 2 aliphatic rings. The van der Waals surface area contributed by atoms with Gasteiger partial charge in [0.25, 0.3) is 0 Å². The lowest BCUT2D eigenvalue weighted by Crippen LogP contribution is -2.61. The van der Waals surface area contributed by atoms with Crippen LogP contribution >= 0.6 is 0 Å². The van der Waals surface area contributed by atoms with Gasteiger partial charge in [0.15, 0.2) is 0 Å². The first-order valence-corrected chi connectivity index (χ1v) is 12.2. The lowest BCUT2D eigenvalue weighted by Gasteiger charge is -2.46. The van der Waals surface area contributed by atoms with Gasteiger partial charge in [-0.3, -0.25) is 9.69 Å². The van der Waals surface area contributed by atoms with E-state index in [1.165, 1.54) is 4.90 Å². The average molecular weight is 491 g/mol. The highest BCUT2D eigenvalue weighted by Crippen LogP contribution is 2.36. The number of hydrogen-bond donors (Lipinski definition) is 0. The molecule has 2 aromatic carbocycles. The van der Waals surface area contributed by atoms with Gasteiger partial charge in [-0.1, -0.05) is 47.8 Å². The molecule has 1 saturated heterocycles. The summed E-state index contributed by atoms with van der Waals surface area (Å²) in [7, 11) is 3.15. The largest absolute Gasteiger partial charge is 0.497 e. The van der Waals surface area contributed by atoms with Gasteiger partial charge in [0, 0.05) is 12.1 Å². The maximum Gasteiger partial charge on any atom is 0.327 e. The van der Waals surface area contributed by atoms with Crippen LogP contribution in [-0.4, -0.2) is 52.1 Å². The fourth-order valence-corrected chi connectivity index (χ4v) is 5.13. The molecule has 0 spiro atoms. The Hall–Kier alpha value is -3.88. The quantitative estimate of drug-likeness (QED) is 0.478. The highest BCUT2D eigenvalue weighted by atomic mass is 16.5. The van der Waals surface area contributed by atoms with E-state index in [1.807, 2.05) is 31.2 Å². The number of methoxy groups -OCH3 is 2. The Balaban J connectivity index is 1.41. The Morgan fingerprint density at radius 1 is 1.00 bits per heavy atom. The van der Waals surface area contributed by atoms with Crippen molar-refractivity contribution in [1.82, 2.24) is 19.9 Å². The van der Waals surface area contributed by atoms with E-state index in [0.717, 1.165) is 36.8 Å². The first kappa shape index (κ1) is 23.8. The number of fused-ring (bicyclic) bond motifs is 1. The van der Waals surface area contributed by atoms with E-state index in [-0.39, 0.29) is 37.0 Å². The Bertz CT molecular complexity index is 1260. The predicted octanol–water partition coefficient (Wildman–Crippen LogP) is 4.59. The number of imide groups is 1. The van der Waals surface area contributed by atoms with E-state index in [2.05, 4.69) is 10.1 Å². The summed E-state index contributed by atoms with van der Waals surface area (Å²) in [6.45, 7) is 2.40. The second-order valence-electron chi connectivity index (χ2n) is 9.36. The van der Waals surface area contributed by atoms with Crippen LogP contribution in [0.25, 0.3) is 11.4 Å². The molecule has 0 N–H and O–H groups in total. The summed E-state index contributed by atoms with van der Waals surface area (Å²) >= 11 is 0. The van der Waals surface area contributed by atoms with Crippen LogP contribution in [0.3, 0.4) is 0 Å². The minimum atomic E-state index is -0.314. The Morgan fingerprint density at radius 3 is 2.53 bits per heavy atom. The van der Waals surface area contributed by atoms with Crippen molar-refractivity contribution in [2.24, 2.45) is 5.92 Å². The lowest BCUT2D eigenvalue weighted by atomic mass is 9.81. The van der Waals surface area contributed by atoms with Gasteiger partial charge in [0.2, 0.25) is 17.6 Å². The van der Waals surface area contributed by atoms with Crippen molar-refractivity contribution in [2.75, 3.05) is 14.2 Å². The maximum absolute atomic E-state index is 13.6. The van der Waals surface area contributed by atoms with E-state index in [1.54, 1.807) is 37.3 Å². The molecule has 3 aromatic rings. The third-order valence-electron chi connectivity index (χ3n) is 7.07. The zero-order valence-electron chi connectivity index (χ0n) is 20.8. The van der Waals surface area contributed by atoms with Crippen molar-refractivity contribution in [3.63, 3.8) is 0 Å². The minimum absolute atomic E-state index is 0.0873. The topological polar surface area (TPSA) is 98.0 Å². The third-order valence-corrected chi connectivity index (χ3v) is 7.07. The summed E-state index contributed by atoms with van der Waals surface area (Å²) in [4.78, 5) is 34.6. The fourth-order valence-electron chi connectivity index (χ4n) is 5.13. The van der Waals surface area contributed by atoms with Crippen LogP contribution in [0.1, 0.15) is 42.7 Å². The lowest BCUT2D eigenvalue weighted by molar-refractivity contribution is -0.141. The number of amides is 3. The van der Waals surface area contributed by atoms with Crippen molar-refractivity contribution in [3.05, 3.63) is 59.5 Å². The first-order chi connectivity index (χ1) is 17.5. The zero-order chi connectivity index (χ0) is 25.2. The molecular formula is C27H30N4O5. The molecule has 188 valence electrons. The van der Waals surface area contributed by atoms with Crippen LogP contribution in [0.2, 0.25) is 0 Å². The number of aryl methyl sites for hydroxylation is 1. The van der Waals surface area contributed by atoms with Gasteiger partial charge in [0.1, 0.15) is 18.0 Å². The molecule has 0 radical (unpaired) electrons. The number of nitrogens with zero attached hydrogens (tertiary/aromatic N) is 4. The fraction of sp³-hybridized carbons (Fsp3) is 0.407. The van der Waals surface area contributed by atoms with Crippen molar-refractivity contribution in [3.8, 4) is 22.9 Å². The number of ether oxygens (including phenoxy) is 2. The van der Waals surface area contributed by atoms with Gasteiger partial charge in [-0.25, -0.2) is 4.79 Å². The summed E-state index contributed by atoms with van der Waals surface area (Å²) in [6.07, 6.45) is 3.52. The summed E-state index contributed by atoms with van der Waals surface area (Å²) in [5, 5.41) is 4.13. The van der Waals surface area contributed by atoms with Crippen molar-refractivity contribution in [2.45, 2.75) is 51.7 Å². The highest BCUT2D eigenvalue weighted by Gasteiger charge is 2.47. The van der Waals surface area contributed by atoms with Crippen LogP contribution in [-0.2, 0) is 17.9 Å². The number of carbonyl (C=O) groups excluding carboxylic acids is 2. The number of urea groups is 1. The predicted molar refractivity (Wildman–Crippen MR) is 131 cm³/mol. The molecule has 1 aromatic heterocycles. The van der Waals surface area contributed by atoms with Crippen LogP contribution in [0, 0.1) is 12.8 Å². The SMILES string of the molecule is COc1ccc(-c2noc(CN3C(=O)N(Cc4ccc(C)cc4)C(=O)C4CCCCC43)n2)c(OC)c1. The molecule has 3 amide bonds. The average Bonchev–Trinajstić information content (AvgIpc) is 3.38. The molecule has 36 heavy (non-hydrogen) atoms. The van der Waals surface area contributed by atoms with Gasteiger partial charge < -0.3 is 18.9 Å². The number of aromatic nitrogens is 2. The molecule has 2 fully saturated rings. The second kappa shape index (κ2) is 10.0. The molecule has 1 aliphatic heterocycles. The molecule has 1 aliphatic carbocycles. The molecule has 9 heteroatoms. The van der Waals surface area contributed by atoms with Crippen molar-refractivity contribution in [1.29, 1.82) is 0 Å². The summed E-state index contributed by atoms with van der Waals surface area (Å²) in [5.74, 6) is 1.58. The molecule has 9 nitrogen and oxygen atoms in total. The van der Waals surface area contributed by atoms with E-state index in [4.69, 9.17) is 14.0 Å². The summed E-state index contributed by atoms with van der Waals surface area (Å²) < 4.78 is 16.3. The molecule has 5 rings (SSSR count). The molecular weight excluding hydrogens is 460 g/mol. The summed E-state index contributed by atoms with van der Waals surface area (Å²) in [5.41, 5.74) is 2.71. The van der Waals surface area contributed by atoms with E-state index in [0.29, 0.717) is 28.8 Å². The number of benzene rings is 2. The van der Waals surface area contributed by atoms with Crippen LogP contribution in [0.15, 0.2) is 47.0 Å². The monoisotopic (exact) mass is 490 g/mol. The van der Waals surface area contributed by atoms with Gasteiger partial charge >= 0.3 is 6.03 Å². The second-order valence-corrected chi connectivity index (χ2v) is 9.36. The van der Waals surface area contributed by atoms with Crippen molar-refractivity contribution < 1.29 is 23.6 Å². The summed E-state index contributed by atoms with van der Waals surface area (Å²) in [6, 6.07) is 12.8. The highest BCUT2D eigenvalue weighted by molar-refractivity contribution is 5.98. The van der Waals surface area contributed by atoms with Crippen LogP contribution in [0.5, 0.6) is 11.5 Å². The van der Waals surface area contributed by atoms with Gasteiger partial charge in [-0.05, 0) is 37.5 Å². The standard InChI is InChI=1S/C27H30N4O5/c1-17-8-10-18(11-9-17)15-31-26(32)20-6-4-5-7-22(20)30(27(31)33)16-24-28-25(29-36-24)21-13-12-19(34-2)14-23(21)35-3/h8-14,20,22H,4-7,15-16H2,1-3H3. The molecule has 2 heterocycles. The number of hydrogen-bond acceptors (Lipinski definition) is 7. The molecule has 0 bridgehead atoms. The van der Waals surface area contributed by atoms with Crippen LogP contribution in [0.4, 0.5) is 4.79 Å². The third kappa shape index (κ3) is 4.53. The van der Waals surface area contributed by atoms with E-state index < -0.39 is 0 Å². The minimum Gasteiger partial charge on any atom is -0.497 e.